The summed E-state index contributed by atoms with van der Waals surface area (Å²) < 4.78 is 66.0. The maximum Gasteiger partial charge on any atom is 0.337 e. The number of carbonyl (C=O) groups is 4. The Hall–Kier alpha value is -9.46. The van der Waals surface area contributed by atoms with E-state index < -0.39 is 5.91 Å². The van der Waals surface area contributed by atoms with E-state index in [2.05, 4.69) is 36.8 Å². The first-order valence-electron chi connectivity index (χ1n) is 31.5. The molecule has 15 heteroatoms. The van der Waals surface area contributed by atoms with Gasteiger partial charge in [-0.1, -0.05) is 90.1 Å². The van der Waals surface area contributed by atoms with Crippen molar-refractivity contribution >= 4 is 36.0 Å². The molecule has 97 heavy (non-hydrogen) atoms. The number of aliphatic hydroxyl groups excluding tert-OH is 1. The van der Waals surface area contributed by atoms with Gasteiger partial charge in [-0.15, -0.1) is 6.42 Å². The predicted molar refractivity (Wildman–Crippen MR) is 370 cm³/mol. The maximum absolute atomic E-state index is 13.2. The largest absolute Gasteiger partial charge is 0.465 e. The van der Waals surface area contributed by atoms with Crippen LogP contribution in [-0.2, 0) is 86.0 Å². The number of benzene rings is 8. The van der Waals surface area contributed by atoms with Crippen LogP contribution >= 0.6 is 0 Å². The number of hydroxylamine groups is 1. The normalized spacial score (nSPS) is 13.9. The van der Waals surface area contributed by atoms with E-state index in [1.54, 1.807) is 66.1 Å². The van der Waals surface area contributed by atoms with Crippen molar-refractivity contribution in [1.29, 1.82) is 0 Å². The SMILES string of the molecule is C#Cc1cccc(F)c1.CO.COC(=O)c1ccc2c(c1)CCC(C#Cc1cccc(F)c1)=C2.COC(=O)c1ccc2c(c1)CCC(C)=C2.COC(=O)c1ccc2c(c1)CCC(CCc1cccc(F)c1)C2.O=C(NO)c1ccc2c(c1)CCC(CCc1cccc(F)c1)C2.[CH3-].[Pd]. The molecular formula is C82H82F4NO9Pd-. The number of terminal acetylenes is 1. The summed E-state index contributed by atoms with van der Waals surface area (Å²) in [6.45, 7) is 2.14. The Morgan fingerprint density at radius 2 is 0.897 bits per heavy atom. The van der Waals surface area contributed by atoms with E-state index in [0.717, 1.165) is 125 Å². The summed E-state index contributed by atoms with van der Waals surface area (Å²) in [5.74, 6) is 7.40. The van der Waals surface area contributed by atoms with Gasteiger partial charge in [-0.2, -0.15) is 0 Å². The van der Waals surface area contributed by atoms with E-state index in [9.17, 15) is 36.7 Å². The number of hydrogen-bond donors (Lipinski definition) is 3. The Morgan fingerprint density at radius 3 is 1.35 bits per heavy atom. The number of aliphatic hydroxyl groups is 1. The molecule has 12 rings (SSSR count). The molecule has 0 saturated carbocycles. The van der Waals surface area contributed by atoms with E-state index >= 15 is 0 Å². The third kappa shape index (κ3) is 24.3. The molecule has 0 saturated heterocycles. The molecule has 8 aromatic carbocycles. The molecular weight excluding hydrogens is 1330 g/mol. The average Bonchev–Trinajstić information content (AvgIpc) is 0.863. The predicted octanol–water partition coefficient (Wildman–Crippen LogP) is 16.7. The number of fused-ring (bicyclic) bond motifs is 4. The summed E-state index contributed by atoms with van der Waals surface area (Å²) in [4.78, 5) is 45.9. The third-order valence-corrected chi connectivity index (χ3v) is 16.8. The molecule has 4 aliphatic carbocycles. The van der Waals surface area contributed by atoms with Crippen LogP contribution in [0.4, 0.5) is 17.6 Å². The van der Waals surface area contributed by atoms with Crippen molar-refractivity contribution < 1.29 is 81.7 Å². The number of methoxy groups -OCH3 is 3. The maximum atomic E-state index is 13.2. The van der Waals surface area contributed by atoms with Crippen LogP contribution in [0.3, 0.4) is 0 Å². The Kier molecular flexibility index (Phi) is 32.4. The third-order valence-electron chi connectivity index (χ3n) is 16.8. The Morgan fingerprint density at radius 1 is 0.485 bits per heavy atom. The summed E-state index contributed by atoms with van der Waals surface area (Å²) in [5.41, 5.74) is 19.4. The molecule has 1 amide bonds. The summed E-state index contributed by atoms with van der Waals surface area (Å²) in [6.07, 6.45) is 23.0. The van der Waals surface area contributed by atoms with Gasteiger partial charge in [-0.25, -0.2) is 37.4 Å². The van der Waals surface area contributed by atoms with Crippen LogP contribution in [0.15, 0.2) is 181 Å². The average molecular weight is 1410 g/mol. The van der Waals surface area contributed by atoms with Crippen LogP contribution < -0.4 is 5.48 Å². The van der Waals surface area contributed by atoms with Gasteiger partial charge in [-0.3, -0.25) is 10.0 Å². The van der Waals surface area contributed by atoms with Gasteiger partial charge in [0.2, 0.25) is 0 Å². The first-order valence-corrected chi connectivity index (χ1v) is 31.5. The molecule has 3 N–H and O–H groups in total. The second kappa shape index (κ2) is 40.2. The molecule has 10 nitrogen and oxygen atoms in total. The Balaban J connectivity index is 0.000000222. The molecule has 0 aliphatic heterocycles. The van der Waals surface area contributed by atoms with E-state index in [4.69, 9.17) is 30.9 Å². The molecule has 0 aromatic heterocycles. The van der Waals surface area contributed by atoms with Crippen molar-refractivity contribution in [3.8, 4) is 24.2 Å². The van der Waals surface area contributed by atoms with Crippen LogP contribution in [0.1, 0.15) is 154 Å². The van der Waals surface area contributed by atoms with Gasteiger partial charge in [0.1, 0.15) is 23.3 Å². The van der Waals surface area contributed by atoms with Gasteiger partial charge in [0, 0.05) is 49.8 Å². The molecule has 0 heterocycles. The number of rotatable bonds is 10. The molecule has 0 fully saturated rings. The molecule has 2 unspecified atom stereocenters. The minimum absolute atomic E-state index is 0. The number of esters is 3. The van der Waals surface area contributed by atoms with Crippen LogP contribution in [0.2, 0.25) is 0 Å². The summed E-state index contributed by atoms with van der Waals surface area (Å²) in [6, 6.07) is 48.6. The van der Waals surface area contributed by atoms with Gasteiger partial charge in [0.05, 0.1) is 38.0 Å². The molecule has 4 aliphatic rings. The summed E-state index contributed by atoms with van der Waals surface area (Å²) in [5, 5.41) is 15.7. The van der Waals surface area contributed by atoms with Crippen molar-refractivity contribution in [1.82, 2.24) is 5.48 Å². The van der Waals surface area contributed by atoms with Gasteiger partial charge in [0.25, 0.3) is 5.91 Å². The topological polar surface area (TPSA) is 148 Å². The second-order valence-electron chi connectivity index (χ2n) is 23.3. The number of allylic oxidation sites excluding steroid dienone is 2. The minimum Gasteiger partial charge on any atom is -0.465 e. The fraction of sp³-hybridized carbons (Fsp3) is 0.256. The summed E-state index contributed by atoms with van der Waals surface area (Å²) in [7, 11) is 5.19. The van der Waals surface area contributed by atoms with Crippen molar-refractivity contribution in [3.05, 3.63) is 301 Å². The number of ether oxygens (including phenoxy) is 3. The van der Waals surface area contributed by atoms with Gasteiger partial charge in [0.15, 0.2) is 0 Å². The van der Waals surface area contributed by atoms with Crippen LogP contribution in [0.5, 0.6) is 0 Å². The fourth-order valence-corrected chi connectivity index (χ4v) is 11.7. The van der Waals surface area contributed by atoms with Crippen molar-refractivity contribution in [2.24, 2.45) is 11.8 Å². The zero-order valence-corrected chi connectivity index (χ0v) is 57.1. The van der Waals surface area contributed by atoms with E-state index in [1.807, 2.05) is 72.8 Å². The number of carbonyl (C=O) groups excluding carboxylic acids is 4. The zero-order chi connectivity index (χ0) is 68.2. The van der Waals surface area contributed by atoms with Crippen molar-refractivity contribution in [2.45, 2.75) is 96.8 Å². The van der Waals surface area contributed by atoms with E-state index in [1.165, 1.54) is 96.7 Å². The van der Waals surface area contributed by atoms with E-state index in [-0.39, 0.29) is 69.0 Å². The first-order chi connectivity index (χ1) is 46.0. The number of halogens is 4. The molecule has 2 atom stereocenters. The molecule has 0 radical (unpaired) electrons. The van der Waals surface area contributed by atoms with Crippen LogP contribution in [0, 0.1) is 66.7 Å². The zero-order valence-electron chi connectivity index (χ0n) is 55.5. The first kappa shape index (κ1) is 78.2. The summed E-state index contributed by atoms with van der Waals surface area (Å²) >= 11 is 0. The molecule has 8 aromatic rings. The van der Waals surface area contributed by atoms with Gasteiger partial charge < -0.3 is 26.7 Å². The Bertz CT molecular complexity index is 4040. The van der Waals surface area contributed by atoms with Crippen molar-refractivity contribution in [2.75, 3.05) is 28.4 Å². The quantitative estimate of drug-likeness (QED) is 0.0178. The van der Waals surface area contributed by atoms with Crippen LogP contribution in [-0.4, -0.2) is 62.6 Å². The monoisotopic (exact) mass is 1410 g/mol. The minimum atomic E-state index is -0.471. The number of amides is 1. The van der Waals surface area contributed by atoms with Gasteiger partial charge in [-0.05, 0) is 280 Å². The molecule has 0 bridgehead atoms. The second-order valence-corrected chi connectivity index (χ2v) is 23.3. The van der Waals surface area contributed by atoms with Crippen LogP contribution in [0.25, 0.3) is 12.2 Å². The number of hydrogen-bond acceptors (Lipinski definition) is 9. The smallest absolute Gasteiger partial charge is 0.337 e. The molecule has 0 spiro atoms. The molecule has 508 valence electrons. The fourth-order valence-electron chi connectivity index (χ4n) is 11.7. The Labute approximate surface area is 581 Å². The van der Waals surface area contributed by atoms with Gasteiger partial charge >= 0.3 is 17.9 Å². The standard InChI is InChI=1S/C20H21FO2.C20H15FO2.C19H20FNO2.C13H14O2.C8H5F.CH4O.CH3.Pd/c2*1-23-20(22)18-10-9-16-11-15(7-8-17(16)13-18)6-5-14-3-2-4-19(21)12-14;20-18-3-1-2-13(11-18)4-5-14-6-7-16-12-17(19(22)21-23)9-8-15(16)10-14;1-9-3-4-11-8-12(13(14)15-2)6-5-10(11)7-9;1-2-7-4-3-5-8(9)6-7;1-2;;/h2-4,9-10,12-13,15H,5-8,11H2,1H3;2-4,9-13H,7-8H2,1H3;1-3,8-9,11-12,14,23H,4-7,10H2,(H,21,22);5-8H,3-4H2,1-2H3;1,3-6H;2H,1H3;1H3;/q;;;;;;-1;. The number of aryl methyl sites for hydroxylation is 6. The number of nitrogens with one attached hydrogen (secondary N) is 1. The van der Waals surface area contributed by atoms with Crippen molar-refractivity contribution in [3.63, 3.8) is 0 Å². The van der Waals surface area contributed by atoms with E-state index in [0.29, 0.717) is 45.2 Å².